The molecule has 2 rings (SSSR count). The van der Waals surface area contributed by atoms with Gasteiger partial charge >= 0.3 is 0 Å². The maximum absolute atomic E-state index is 10.2. The van der Waals surface area contributed by atoms with Crippen LogP contribution in [0.5, 0.6) is 5.75 Å². The summed E-state index contributed by atoms with van der Waals surface area (Å²) in [4.78, 5) is 0. The van der Waals surface area contributed by atoms with Gasteiger partial charge in [-0.15, -0.1) is 0 Å². The summed E-state index contributed by atoms with van der Waals surface area (Å²) in [5.74, 6) is 0.751. The van der Waals surface area contributed by atoms with Crippen molar-refractivity contribution in [3.05, 3.63) is 64.7 Å². The first-order valence-electron chi connectivity index (χ1n) is 11.5. The standard InChI is InChI=1S/C27H40O/c1-4-6-8-10-15-23-16-14-17-24(26(23)19-11-9-7-5-2)21-22(3)25-18-12-13-20-27(25)28/h12-14,16-18,20,22,28H,4-11,15,19,21H2,1-3H3. The molecular weight excluding hydrogens is 340 g/mol. The molecule has 2 aromatic carbocycles. The fourth-order valence-electron chi connectivity index (χ4n) is 4.25. The highest BCUT2D eigenvalue weighted by Crippen LogP contribution is 2.30. The summed E-state index contributed by atoms with van der Waals surface area (Å²) >= 11 is 0. The van der Waals surface area contributed by atoms with Gasteiger partial charge in [0.25, 0.3) is 0 Å². The zero-order chi connectivity index (χ0) is 20.2. The third kappa shape index (κ3) is 7.00. The molecule has 0 spiro atoms. The number of unbranched alkanes of at least 4 members (excludes halogenated alkanes) is 6. The number of para-hydroxylation sites is 1. The molecule has 0 bridgehead atoms. The van der Waals surface area contributed by atoms with Gasteiger partial charge in [-0.05, 0) is 66.3 Å². The third-order valence-corrected chi connectivity index (χ3v) is 5.94. The van der Waals surface area contributed by atoms with Gasteiger partial charge in [0, 0.05) is 0 Å². The predicted octanol–water partition coefficient (Wildman–Crippen LogP) is 7.98. The first-order chi connectivity index (χ1) is 13.7. The van der Waals surface area contributed by atoms with E-state index in [-0.39, 0.29) is 0 Å². The SMILES string of the molecule is CCCCCCc1cccc(CC(C)c2ccccc2O)c1CCCCCC. The molecule has 0 radical (unpaired) electrons. The van der Waals surface area contributed by atoms with Crippen LogP contribution in [-0.4, -0.2) is 5.11 Å². The molecule has 0 saturated heterocycles. The van der Waals surface area contributed by atoms with Crippen molar-refractivity contribution in [2.75, 3.05) is 0 Å². The maximum Gasteiger partial charge on any atom is 0.119 e. The van der Waals surface area contributed by atoms with Crippen LogP contribution >= 0.6 is 0 Å². The molecule has 28 heavy (non-hydrogen) atoms. The molecule has 154 valence electrons. The van der Waals surface area contributed by atoms with E-state index in [1.165, 1.54) is 69.8 Å². The Morgan fingerprint density at radius 2 is 1.36 bits per heavy atom. The molecule has 2 aromatic rings. The zero-order valence-corrected chi connectivity index (χ0v) is 18.3. The Balaban J connectivity index is 2.16. The molecule has 0 saturated carbocycles. The van der Waals surface area contributed by atoms with Crippen molar-refractivity contribution in [2.24, 2.45) is 0 Å². The summed E-state index contributed by atoms with van der Waals surface area (Å²) in [6.45, 7) is 6.80. The van der Waals surface area contributed by atoms with Gasteiger partial charge in [-0.25, -0.2) is 0 Å². The lowest BCUT2D eigenvalue weighted by Gasteiger charge is -2.19. The highest BCUT2D eigenvalue weighted by molar-refractivity contribution is 5.40. The summed E-state index contributed by atoms with van der Waals surface area (Å²) in [6.07, 6.45) is 13.9. The van der Waals surface area contributed by atoms with Gasteiger partial charge < -0.3 is 5.11 Å². The van der Waals surface area contributed by atoms with E-state index in [2.05, 4.69) is 45.0 Å². The predicted molar refractivity (Wildman–Crippen MR) is 122 cm³/mol. The van der Waals surface area contributed by atoms with Crippen LogP contribution in [0.25, 0.3) is 0 Å². The molecule has 1 nitrogen and oxygen atoms in total. The van der Waals surface area contributed by atoms with E-state index in [0.29, 0.717) is 11.7 Å². The minimum Gasteiger partial charge on any atom is -0.508 e. The summed E-state index contributed by atoms with van der Waals surface area (Å²) in [6, 6.07) is 14.7. The quantitative estimate of drug-likeness (QED) is 0.349. The number of phenolic OH excluding ortho intramolecular Hbond substituents is 1. The fourth-order valence-corrected chi connectivity index (χ4v) is 4.25. The molecule has 0 aliphatic rings. The summed E-state index contributed by atoms with van der Waals surface area (Å²) in [5, 5.41) is 10.2. The molecule has 0 aliphatic heterocycles. The van der Waals surface area contributed by atoms with Crippen molar-refractivity contribution in [3.8, 4) is 5.75 Å². The van der Waals surface area contributed by atoms with E-state index < -0.39 is 0 Å². The van der Waals surface area contributed by atoms with E-state index in [0.717, 1.165) is 12.0 Å². The van der Waals surface area contributed by atoms with Gasteiger partial charge in [-0.1, -0.05) is 95.7 Å². The number of rotatable bonds is 13. The smallest absolute Gasteiger partial charge is 0.119 e. The second kappa shape index (κ2) is 12.6. The van der Waals surface area contributed by atoms with Crippen LogP contribution in [0.3, 0.4) is 0 Å². The van der Waals surface area contributed by atoms with E-state index in [1.54, 1.807) is 11.1 Å². The lowest BCUT2D eigenvalue weighted by Crippen LogP contribution is -2.06. The molecule has 1 heteroatoms. The molecular formula is C27H40O. The zero-order valence-electron chi connectivity index (χ0n) is 18.3. The minimum atomic E-state index is 0.325. The Hall–Kier alpha value is -1.76. The number of aryl methyl sites for hydroxylation is 1. The van der Waals surface area contributed by atoms with Gasteiger partial charge in [-0.2, -0.15) is 0 Å². The number of benzene rings is 2. The van der Waals surface area contributed by atoms with E-state index in [4.69, 9.17) is 0 Å². The average Bonchev–Trinajstić information content (AvgIpc) is 2.70. The van der Waals surface area contributed by atoms with Gasteiger partial charge in [0.05, 0.1) is 0 Å². The summed E-state index contributed by atoms with van der Waals surface area (Å²) < 4.78 is 0. The molecule has 1 N–H and O–H groups in total. The maximum atomic E-state index is 10.2. The first-order valence-corrected chi connectivity index (χ1v) is 11.5. The Morgan fingerprint density at radius 3 is 2.04 bits per heavy atom. The van der Waals surface area contributed by atoms with Gasteiger partial charge in [-0.3, -0.25) is 0 Å². The monoisotopic (exact) mass is 380 g/mol. The highest BCUT2D eigenvalue weighted by Gasteiger charge is 2.15. The van der Waals surface area contributed by atoms with Gasteiger partial charge in [0.1, 0.15) is 5.75 Å². The first kappa shape index (κ1) is 22.5. The van der Waals surface area contributed by atoms with Crippen LogP contribution in [0, 0.1) is 0 Å². The molecule has 1 unspecified atom stereocenters. The molecule has 0 fully saturated rings. The van der Waals surface area contributed by atoms with Crippen LogP contribution in [-0.2, 0) is 19.3 Å². The van der Waals surface area contributed by atoms with Crippen LogP contribution < -0.4 is 0 Å². The van der Waals surface area contributed by atoms with Crippen molar-refractivity contribution in [2.45, 2.75) is 97.3 Å². The summed E-state index contributed by atoms with van der Waals surface area (Å²) in [7, 11) is 0. The normalized spacial score (nSPS) is 12.2. The molecule has 1 atom stereocenters. The van der Waals surface area contributed by atoms with Crippen molar-refractivity contribution >= 4 is 0 Å². The Morgan fingerprint density at radius 1 is 0.714 bits per heavy atom. The molecule has 0 amide bonds. The van der Waals surface area contributed by atoms with Gasteiger partial charge in [0.15, 0.2) is 0 Å². The second-order valence-electron chi connectivity index (χ2n) is 8.34. The van der Waals surface area contributed by atoms with Crippen LogP contribution in [0.15, 0.2) is 42.5 Å². The largest absolute Gasteiger partial charge is 0.508 e. The van der Waals surface area contributed by atoms with Crippen molar-refractivity contribution in [1.29, 1.82) is 0 Å². The van der Waals surface area contributed by atoms with Crippen LogP contribution in [0.2, 0.25) is 0 Å². The molecule has 0 heterocycles. The fraction of sp³-hybridized carbons (Fsp3) is 0.556. The van der Waals surface area contributed by atoms with Crippen molar-refractivity contribution < 1.29 is 5.11 Å². The average molecular weight is 381 g/mol. The van der Waals surface area contributed by atoms with E-state index >= 15 is 0 Å². The molecule has 0 aliphatic carbocycles. The summed E-state index contributed by atoms with van der Waals surface area (Å²) in [5.41, 5.74) is 5.71. The number of hydrogen-bond acceptors (Lipinski definition) is 1. The lowest BCUT2D eigenvalue weighted by atomic mass is 9.86. The molecule has 0 aromatic heterocycles. The second-order valence-corrected chi connectivity index (χ2v) is 8.34. The Kier molecular flexibility index (Phi) is 10.2. The Bertz CT molecular complexity index is 688. The van der Waals surface area contributed by atoms with Crippen LogP contribution in [0.4, 0.5) is 0 Å². The minimum absolute atomic E-state index is 0.325. The topological polar surface area (TPSA) is 20.2 Å². The Labute approximate surface area is 173 Å². The van der Waals surface area contributed by atoms with Crippen molar-refractivity contribution in [3.63, 3.8) is 0 Å². The van der Waals surface area contributed by atoms with Crippen LogP contribution in [0.1, 0.15) is 100 Å². The van der Waals surface area contributed by atoms with Crippen molar-refractivity contribution in [1.82, 2.24) is 0 Å². The number of hydrogen-bond donors (Lipinski definition) is 1. The third-order valence-electron chi connectivity index (χ3n) is 5.94. The van der Waals surface area contributed by atoms with E-state index in [9.17, 15) is 5.11 Å². The lowest BCUT2D eigenvalue weighted by molar-refractivity contribution is 0.462. The van der Waals surface area contributed by atoms with Gasteiger partial charge in [0.2, 0.25) is 0 Å². The van der Waals surface area contributed by atoms with E-state index in [1.807, 2.05) is 18.2 Å². The highest BCUT2D eigenvalue weighted by atomic mass is 16.3. The number of phenols is 1. The number of aromatic hydroxyl groups is 1.